The maximum absolute atomic E-state index is 10.7. The Morgan fingerprint density at radius 2 is 2.00 bits per heavy atom. The first-order chi connectivity index (χ1) is 6.42. The molecule has 0 aliphatic carbocycles. The van der Waals surface area contributed by atoms with Gasteiger partial charge in [-0.2, -0.15) is 0 Å². The van der Waals surface area contributed by atoms with Crippen molar-refractivity contribution in [3.8, 4) is 0 Å². The predicted octanol–water partition coefficient (Wildman–Crippen LogP) is 2.60. The van der Waals surface area contributed by atoms with E-state index in [1.54, 1.807) is 0 Å². The van der Waals surface area contributed by atoms with Crippen LogP contribution in [0.25, 0.3) is 0 Å². The van der Waals surface area contributed by atoms with E-state index in [-0.39, 0.29) is 5.41 Å². The highest BCUT2D eigenvalue weighted by Crippen LogP contribution is 2.42. The summed E-state index contributed by atoms with van der Waals surface area (Å²) in [6, 6.07) is 0. The first-order valence-electron chi connectivity index (χ1n) is 5.72. The van der Waals surface area contributed by atoms with Gasteiger partial charge in [0.2, 0.25) is 0 Å². The zero-order valence-corrected chi connectivity index (χ0v) is 9.97. The molecule has 84 valence electrons. The monoisotopic (exact) mass is 200 g/mol. The van der Waals surface area contributed by atoms with E-state index in [0.29, 0.717) is 5.92 Å². The Morgan fingerprint density at radius 3 is 2.36 bits per heavy atom. The van der Waals surface area contributed by atoms with Gasteiger partial charge in [0.15, 0.2) is 0 Å². The minimum absolute atomic E-state index is 0.0624. The molecule has 0 spiro atoms. The molecule has 0 saturated carbocycles. The number of hydrogen-bond donors (Lipinski definition) is 1. The molecule has 0 aromatic carbocycles. The summed E-state index contributed by atoms with van der Waals surface area (Å²) in [6.07, 6.45) is 3.00. The number of aliphatic hydroxyl groups is 1. The smallest absolute Gasteiger partial charge is 0.0743 e. The van der Waals surface area contributed by atoms with E-state index in [9.17, 15) is 5.11 Å². The van der Waals surface area contributed by atoms with Crippen LogP contribution >= 0.6 is 0 Å². The maximum atomic E-state index is 10.7. The molecule has 0 bridgehead atoms. The van der Waals surface area contributed by atoms with Gasteiger partial charge in [-0.3, -0.25) is 0 Å². The van der Waals surface area contributed by atoms with Crippen LogP contribution in [-0.4, -0.2) is 23.9 Å². The van der Waals surface area contributed by atoms with Gasteiger partial charge in [0, 0.05) is 12.5 Å². The van der Waals surface area contributed by atoms with Crippen LogP contribution in [0.4, 0.5) is 0 Å². The lowest BCUT2D eigenvalue weighted by Gasteiger charge is -2.46. The van der Waals surface area contributed by atoms with Crippen LogP contribution in [0.5, 0.6) is 0 Å². The van der Waals surface area contributed by atoms with Gasteiger partial charge < -0.3 is 9.84 Å². The second kappa shape index (κ2) is 4.19. The summed E-state index contributed by atoms with van der Waals surface area (Å²) in [5.74, 6) is 0.307. The van der Waals surface area contributed by atoms with Gasteiger partial charge in [-0.1, -0.05) is 27.7 Å². The van der Waals surface area contributed by atoms with Crippen molar-refractivity contribution in [1.29, 1.82) is 0 Å². The standard InChI is InChI=1S/C12H24O2/c1-5-12(13,11(2,3)4)10-7-6-8-14-9-10/h10,13H,5-9H2,1-4H3. The van der Waals surface area contributed by atoms with Gasteiger partial charge in [0.25, 0.3) is 0 Å². The molecule has 0 aromatic rings. The highest BCUT2D eigenvalue weighted by molar-refractivity contribution is 4.95. The fraction of sp³-hybridized carbons (Fsp3) is 1.00. The molecule has 1 saturated heterocycles. The van der Waals surface area contributed by atoms with Crippen molar-refractivity contribution in [3.63, 3.8) is 0 Å². The molecular weight excluding hydrogens is 176 g/mol. The summed E-state index contributed by atoms with van der Waals surface area (Å²) < 4.78 is 5.47. The van der Waals surface area contributed by atoms with E-state index in [1.165, 1.54) is 0 Å². The normalized spacial score (nSPS) is 28.5. The van der Waals surface area contributed by atoms with Crippen molar-refractivity contribution in [2.75, 3.05) is 13.2 Å². The highest BCUT2D eigenvalue weighted by Gasteiger charge is 2.45. The third-order valence-electron chi connectivity index (χ3n) is 3.67. The van der Waals surface area contributed by atoms with Crippen LogP contribution in [0, 0.1) is 11.3 Å². The van der Waals surface area contributed by atoms with Gasteiger partial charge in [-0.15, -0.1) is 0 Å². The Bertz CT molecular complexity index is 177. The van der Waals surface area contributed by atoms with E-state index >= 15 is 0 Å². The van der Waals surface area contributed by atoms with Gasteiger partial charge in [0.1, 0.15) is 0 Å². The lowest BCUT2D eigenvalue weighted by Crippen LogP contribution is -2.51. The Balaban J connectivity index is 2.77. The fourth-order valence-electron chi connectivity index (χ4n) is 2.55. The molecular formula is C12H24O2. The molecule has 1 N–H and O–H groups in total. The maximum Gasteiger partial charge on any atom is 0.0743 e. The molecule has 1 fully saturated rings. The lowest BCUT2D eigenvalue weighted by molar-refractivity contribution is -0.142. The van der Waals surface area contributed by atoms with Gasteiger partial charge in [-0.25, -0.2) is 0 Å². The zero-order valence-electron chi connectivity index (χ0n) is 9.97. The molecule has 2 atom stereocenters. The summed E-state index contributed by atoms with van der Waals surface area (Å²) in [5, 5.41) is 10.7. The zero-order chi connectivity index (χ0) is 10.8. The van der Waals surface area contributed by atoms with Crippen LogP contribution in [0.2, 0.25) is 0 Å². The number of ether oxygens (including phenoxy) is 1. The van der Waals surface area contributed by atoms with Gasteiger partial charge in [0.05, 0.1) is 12.2 Å². The summed E-state index contributed by atoms with van der Waals surface area (Å²) in [4.78, 5) is 0. The molecule has 14 heavy (non-hydrogen) atoms. The van der Waals surface area contributed by atoms with Gasteiger partial charge >= 0.3 is 0 Å². The second-order valence-corrected chi connectivity index (χ2v) is 5.44. The number of rotatable bonds is 2. The Hall–Kier alpha value is -0.0800. The fourth-order valence-corrected chi connectivity index (χ4v) is 2.55. The van der Waals surface area contributed by atoms with Crippen molar-refractivity contribution < 1.29 is 9.84 Å². The lowest BCUT2D eigenvalue weighted by atomic mass is 9.66. The molecule has 0 aromatic heterocycles. The van der Waals surface area contributed by atoms with E-state index < -0.39 is 5.60 Å². The van der Waals surface area contributed by atoms with E-state index in [0.717, 1.165) is 32.5 Å². The largest absolute Gasteiger partial charge is 0.389 e. The Morgan fingerprint density at radius 1 is 1.36 bits per heavy atom. The summed E-state index contributed by atoms with van der Waals surface area (Å²) in [6.45, 7) is 10.0. The van der Waals surface area contributed by atoms with Crippen molar-refractivity contribution in [2.24, 2.45) is 11.3 Å². The van der Waals surface area contributed by atoms with Crippen LogP contribution in [0.1, 0.15) is 47.0 Å². The molecule has 1 aliphatic rings. The SMILES string of the molecule is CCC(O)(C1CCCOC1)C(C)(C)C. The summed E-state index contributed by atoms with van der Waals surface area (Å²) in [5.41, 5.74) is -0.638. The second-order valence-electron chi connectivity index (χ2n) is 5.44. The summed E-state index contributed by atoms with van der Waals surface area (Å²) in [7, 11) is 0. The van der Waals surface area contributed by atoms with Crippen molar-refractivity contribution in [3.05, 3.63) is 0 Å². The first kappa shape index (κ1) is 12.0. The van der Waals surface area contributed by atoms with Crippen LogP contribution in [-0.2, 0) is 4.74 Å². The molecule has 2 unspecified atom stereocenters. The first-order valence-corrected chi connectivity index (χ1v) is 5.72. The predicted molar refractivity (Wildman–Crippen MR) is 58.2 cm³/mol. The molecule has 1 rings (SSSR count). The van der Waals surface area contributed by atoms with Crippen molar-refractivity contribution >= 4 is 0 Å². The average molecular weight is 200 g/mol. The quantitative estimate of drug-likeness (QED) is 0.742. The van der Waals surface area contributed by atoms with Crippen LogP contribution in [0.3, 0.4) is 0 Å². The van der Waals surface area contributed by atoms with Crippen LogP contribution in [0.15, 0.2) is 0 Å². The molecule has 0 amide bonds. The average Bonchev–Trinajstić information content (AvgIpc) is 2.16. The van der Waals surface area contributed by atoms with Crippen LogP contribution < -0.4 is 0 Å². The molecule has 2 heteroatoms. The topological polar surface area (TPSA) is 29.5 Å². The third kappa shape index (κ3) is 2.12. The molecule has 1 heterocycles. The van der Waals surface area contributed by atoms with Gasteiger partial charge in [-0.05, 0) is 24.7 Å². The van der Waals surface area contributed by atoms with Crippen molar-refractivity contribution in [1.82, 2.24) is 0 Å². The molecule has 0 radical (unpaired) electrons. The summed E-state index contributed by atoms with van der Waals surface area (Å²) >= 11 is 0. The number of hydrogen-bond acceptors (Lipinski definition) is 2. The Kier molecular flexibility index (Phi) is 3.59. The Labute approximate surface area is 87.7 Å². The van der Waals surface area contributed by atoms with Crippen molar-refractivity contribution in [2.45, 2.75) is 52.6 Å². The van der Waals surface area contributed by atoms with E-state index in [4.69, 9.17) is 4.74 Å². The van der Waals surface area contributed by atoms with E-state index in [2.05, 4.69) is 27.7 Å². The van der Waals surface area contributed by atoms with E-state index in [1.807, 2.05) is 0 Å². The minimum Gasteiger partial charge on any atom is -0.389 e. The molecule has 2 nitrogen and oxygen atoms in total. The molecule has 1 aliphatic heterocycles. The minimum atomic E-state index is -0.576. The highest BCUT2D eigenvalue weighted by atomic mass is 16.5. The third-order valence-corrected chi connectivity index (χ3v) is 3.67.